The van der Waals surface area contributed by atoms with Crippen molar-refractivity contribution < 1.29 is 4.74 Å². The van der Waals surface area contributed by atoms with Crippen LogP contribution in [0.3, 0.4) is 0 Å². The third-order valence-corrected chi connectivity index (χ3v) is 4.74. The van der Waals surface area contributed by atoms with Gasteiger partial charge in [-0.05, 0) is 30.7 Å². The summed E-state index contributed by atoms with van der Waals surface area (Å²) in [6.45, 7) is 4.16. The van der Waals surface area contributed by atoms with Crippen molar-refractivity contribution in [3.8, 4) is 5.75 Å². The molecule has 1 heterocycles. The van der Waals surface area contributed by atoms with Gasteiger partial charge in [-0.25, -0.2) is 4.98 Å². The number of hydrogen-bond acceptors (Lipinski definition) is 4. The Morgan fingerprint density at radius 2 is 2.00 bits per heavy atom. The summed E-state index contributed by atoms with van der Waals surface area (Å²) in [5.41, 5.74) is 0. The second-order valence-electron chi connectivity index (χ2n) is 5.05. The molecule has 0 aliphatic heterocycles. The zero-order chi connectivity index (χ0) is 17.2. The fourth-order valence-corrected chi connectivity index (χ4v) is 2.99. The number of guanidine groups is 1. The standard InChI is InChI=1S/C17H23ClN4OS/c1-3-15-12-22-16(24-15)8-9-20-17(19-2)21-10-11-23-14-6-4-13(18)5-7-14/h4-7,12H,3,8-11H2,1-2H3,(H2,19,20,21). The lowest BCUT2D eigenvalue weighted by Gasteiger charge is -2.12. The molecule has 0 radical (unpaired) electrons. The van der Waals surface area contributed by atoms with E-state index < -0.39 is 0 Å². The predicted octanol–water partition coefficient (Wildman–Crippen LogP) is 3.15. The number of rotatable bonds is 8. The molecule has 0 atom stereocenters. The monoisotopic (exact) mass is 366 g/mol. The molecule has 0 saturated carbocycles. The highest BCUT2D eigenvalue weighted by molar-refractivity contribution is 7.11. The average molecular weight is 367 g/mol. The number of hydrogen-bond donors (Lipinski definition) is 2. The minimum absolute atomic E-state index is 0.550. The number of halogens is 1. The van der Waals surface area contributed by atoms with E-state index in [0.29, 0.717) is 18.2 Å². The third kappa shape index (κ3) is 6.37. The van der Waals surface area contributed by atoms with Crippen molar-refractivity contribution in [2.45, 2.75) is 19.8 Å². The molecular formula is C17H23ClN4OS. The maximum Gasteiger partial charge on any atom is 0.191 e. The van der Waals surface area contributed by atoms with Crippen LogP contribution >= 0.6 is 22.9 Å². The van der Waals surface area contributed by atoms with Gasteiger partial charge in [0.1, 0.15) is 12.4 Å². The van der Waals surface area contributed by atoms with E-state index in [2.05, 4.69) is 27.5 Å². The van der Waals surface area contributed by atoms with Crippen LogP contribution < -0.4 is 15.4 Å². The molecule has 0 fully saturated rings. The summed E-state index contributed by atoms with van der Waals surface area (Å²) in [5, 5.41) is 8.37. The summed E-state index contributed by atoms with van der Waals surface area (Å²) >= 11 is 7.61. The van der Waals surface area contributed by atoms with Gasteiger partial charge in [0, 0.05) is 36.1 Å². The number of thiazole rings is 1. The fraction of sp³-hybridized carbons (Fsp3) is 0.412. The summed E-state index contributed by atoms with van der Waals surface area (Å²) in [6.07, 6.45) is 3.90. The molecule has 0 spiro atoms. The van der Waals surface area contributed by atoms with Crippen molar-refractivity contribution in [2.75, 3.05) is 26.7 Å². The molecule has 5 nitrogen and oxygen atoms in total. The van der Waals surface area contributed by atoms with Gasteiger partial charge < -0.3 is 15.4 Å². The largest absolute Gasteiger partial charge is 0.492 e. The fourth-order valence-electron chi connectivity index (χ4n) is 2.00. The maximum atomic E-state index is 5.84. The van der Waals surface area contributed by atoms with Crippen molar-refractivity contribution in [2.24, 2.45) is 4.99 Å². The van der Waals surface area contributed by atoms with E-state index in [0.717, 1.165) is 36.1 Å². The molecule has 0 aliphatic carbocycles. The SMILES string of the molecule is CCc1cnc(CCNC(=NC)NCCOc2ccc(Cl)cc2)s1. The molecule has 2 N–H and O–H groups in total. The molecule has 24 heavy (non-hydrogen) atoms. The van der Waals surface area contributed by atoms with Gasteiger partial charge >= 0.3 is 0 Å². The van der Waals surface area contributed by atoms with E-state index in [1.807, 2.05) is 30.5 Å². The highest BCUT2D eigenvalue weighted by atomic mass is 35.5. The Morgan fingerprint density at radius 3 is 2.67 bits per heavy atom. The summed E-state index contributed by atoms with van der Waals surface area (Å²) in [7, 11) is 1.76. The predicted molar refractivity (Wildman–Crippen MR) is 102 cm³/mol. The number of nitrogens with one attached hydrogen (secondary N) is 2. The lowest BCUT2D eigenvalue weighted by atomic mass is 10.3. The molecule has 1 aromatic heterocycles. The van der Waals surface area contributed by atoms with Crippen molar-refractivity contribution in [1.29, 1.82) is 0 Å². The molecule has 7 heteroatoms. The Kier molecular flexibility index (Phi) is 7.85. The van der Waals surface area contributed by atoms with Crippen molar-refractivity contribution in [1.82, 2.24) is 15.6 Å². The number of aryl methyl sites for hydroxylation is 1. The van der Waals surface area contributed by atoms with Gasteiger partial charge in [-0.15, -0.1) is 11.3 Å². The van der Waals surface area contributed by atoms with Crippen LogP contribution in [0.4, 0.5) is 0 Å². The zero-order valence-electron chi connectivity index (χ0n) is 14.0. The second kappa shape index (κ2) is 10.2. The van der Waals surface area contributed by atoms with Crippen molar-refractivity contribution in [3.05, 3.63) is 45.4 Å². The first-order valence-corrected chi connectivity index (χ1v) is 9.17. The smallest absolute Gasteiger partial charge is 0.191 e. The van der Waals surface area contributed by atoms with Crippen LogP contribution in [-0.4, -0.2) is 37.7 Å². The van der Waals surface area contributed by atoms with E-state index in [4.69, 9.17) is 16.3 Å². The molecule has 0 saturated heterocycles. The first-order valence-electron chi connectivity index (χ1n) is 7.97. The summed E-state index contributed by atoms with van der Waals surface area (Å²) < 4.78 is 5.63. The zero-order valence-corrected chi connectivity index (χ0v) is 15.6. The van der Waals surface area contributed by atoms with Crippen LogP contribution in [0.25, 0.3) is 0 Å². The normalized spacial score (nSPS) is 11.4. The quantitative estimate of drug-likeness (QED) is 0.428. The summed E-state index contributed by atoms with van der Waals surface area (Å²) in [5.74, 6) is 1.57. The molecule has 0 unspecified atom stereocenters. The van der Waals surface area contributed by atoms with Crippen LogP contribution in [0.1, 0.15) is 16.8 Å². The first-order chi connectivity index (χ1) is 11.7. The topological polar surface area (TPSA) is 58.5 Å². The lowest BCUT2D eigenvalue weighted by Crippen LogP contribution is -2.40. The second-order valence-corrected chi connectivity index (χ2v) is 6.69. The molecule has 1 aromatic carbocycles. The molecule has 0 bridgehead atoms. The van der Waals surface area contributed by atoms with E-state index >= 15 is 0 Å². The van der Waals surface area contributed by atoms with E-state index in [1.165, 1.54) is 4.88 Å². The number of aromatic nitrogens is 1. The molecule has 0 aliphatic rings. The number of nitrogens with zero attached hydrogens (tertiary/aromatic N) is 2. The van der Waals surface area contributed by atoms with Gasteiger partial charge in [-0.3, -0.25) is 4.99 Å². The Morgan fingerprint density at radius 1 is 1.25 bits per heavy atom. The van der Waals surface area contributed by atoms with Crippen molar-refractivity contribution >= 4 is 28.9 Å². The first kappa shape index (κ1) is 18.5. The van der Waals surface area contributed by atoms with Gasteiger partial charge in [0.05, 0.1) is 11.6 Å². The van der Waals surface area contributed by atoms with Gasteiger partial charge in [0.25, 0.3) is 0 Å². The van der Waals surface area contributed by atoms with E-state index in [9.17, 15) is 0 Å². The number of benzene rings is 1. The minimum atomic E-state index is 0.550. The van der Waals surface area contributed by atoms with Crippen LogP contribution in [0, 0.1) is 0 Å². The van der Waals surface area contributed by atoms with E-state index in [1.54, 1.807) is 18.4 Å². The highest BCUT2D eigenvalue weighted by Crippen LogP contribution is 2.15. The molecule has 130 valence electrons. The lowest BCUT2D eigenvalue weighted by molar-refractivity contribution is 0.322. The van der Waals surface area contributed by atoms with Crippen LogP contribution in [0.5, 0.6) is 5.75 Å². The van der Waals surface area contributed by atoms with Gasteiger partial charge in [0.15, 0.2) is 5.96 Å². The van der Waals surface area contributed by atoms with E-state index in [-0.39, 0.29) is 0 Å². The van der Waals surface area contributed by atoms with Gasteiger partial charge in [-0.1, -0.05) is 18.5 Å². The van der Waals surface area contributed by atoms with Crippen molar-refractivity contribution in [3.63, 3.8) is 0 Å². The van der Waals surface area contributed by atoms with Crippen LogP contribution in [-0.2, 0) is 12.8 Å². The van der Waals surface area contributed by atoms with Gasteiger partial charge in [-0.2, -0.15) is 0 Å². The maximum absolute atomic E-state index is 5.84. The summed E-state index contributed by atoms with van der Waals surface area (Å²) in [6, 6.07) is 7.34. The molecule has 0 amide bonds. The molecular weight excluding hydrogens is 344 g/mol. The molecule has 2 rings (SSSR count). The number of aliphatic imine (C=N–C) groups is 1. The third-order valence-electron chi connectivity index (χ3n) is 3.28. The Hall–Kier alpha value is -1.79. The highest BCUT2D eigenvalue weighted by Gasteiger charge is 2.02. The Bertz CT molecular complexity index is 642. The summed E-state index contributed by atoms with van der Waals surface area (Å²) in [4.78, 5) is 9.94. The van der Waals surface area contributed by atoms with Gasteiger partial charge in [0.2, 0.25) is 0 Å². The average Bonchev–Trinajstić information content (AvgIpc) is 3.06. The minimum Gasteiger partial charge on any atom is -0.492 e. The Labute approximate surface area is 152 Å². The van der Waals surface area contributed by atoms with Crippen LogP contribution in [0.2, 0.25) is 5.02 Å². The van der Waals surface area contributed by atoms with Crippen LogP contribution in [0.15, 0.2) is 35.5 Å². The Balaban J connectivity index is 1.62. The molecule has 2 aromatic rings. The number of ether oxygens (including phenoxy) is 1.